The maximum atomic E-state index is 5.89. The molecular formula is C11H13IN4. The van der Waals surface area contributed by atoms with Gasteiger partial charge in [0.15, 0.2) is 5.82 Å². The Morgan fingerprint density at radius 2 is 2.12 bits per heavy atom. The quantitative estimate of drug-likeness (QED) is 0.819. The molecule has 0 aromatic carbocycles. The Morgan fingerprint density at radius 3 is 2.88 bits per heavy atom. The highest BCUT2D eigenvalue weighted by Crippen LogP contribution is 2.36. The fraction of sp³-hybridized carbons (Fsp3) is 0.455. The summed E-state index contributed by atoms with van der Waals surface area (Å²) in [5, 5.41) is 4.33. The monoisotopic (exact) mass is 328 g/mol. The predicted molar refractivity (Wildman–Crippen MR) is 71.3 cm³/mol. The summed E-state index contributed by atoms with van der Waals surface area (Å²) in [6.07, 6.45) is 6.74. The Bertz CT molecular complexity index is 528. The van der Waals surface area contributed by atoms with Gasteiger partial charge in [-0.05, 0) is 41.5 Å². The third-order valence-corrected chi connectivity index (χ3v) is 4.16. The zero-order chi connectivity index (χ0) is 11.1. The zero-order valence-corrected chi connectivity index (χ0v) is 11.0. The summed E-state index contributed by atoms with van der Waals surface area (Å²) in [6, 6.07) is 2.21. The zero-order valence-electron chi connectivity index (χ0n) is 8.86. The molecule has 0 atom stereocenters. The van der Waals surface area contributed by atoms with Crippen LogP contribution in [0.5, 0.6) is 0 Å². The van der Waals surface area contributed by atoms with Crippen molar-refractivity contribution in [1.82, 2.24) is 14.6 Å². The summed E-state index contributed by atoms with van der Waals surface area (Å²) < 4.78 is 3.12. The fourth-order valence-electron chi connectivity index (χ4n) is 2.56. The second-order valence-electron chi connectivity index (χ2n) is 4.30. The number of hydrogen-bond donors (Lipinski definition) is 1. The van der Waals surface area contributed by atoms with E-state index in [1.165, 1.54) is 37.7 Å². The molecule has 2 N–H and O–H groups in total. The normalized spacial score (nSPS) is 17.3. The summed E-state index contributed by atoms with van der Waals surface area (Å²) in [4.78, 5) is 4.05. The van der Waals surface area contributed by atoms with Crippen LogP contribution < -0.4 is 5.73 Å². The Morgan fingerprint density at radius 1 is 1.38 bits per heavy atom. The highest BCUT2D eigenvalue weighted by Gasteiger charge is 2.22. The molecule has 0 radical (unpaired) electrons. The number of anilines is 1. The summed E-state index contributed by atoms with van der Waals surface area (Å²) >= 11 is 2.31. The van der Waals surface area contributed by atoms with Crippen LogP contribution in [0.4, 0.5) is 5.82 Å². The molecule has 5 heteroatoms. The van der Waals surface area contributed by atoms with E-state index in [-0.39, 0.29) is 0 Å². The molecule has 0 bridgehead atoms. The van der Waals surface area contributed by atoms with Crippen molar-refractivity contribution >= 4 is 33.9 Å². The van der Waals surface area contributed by atoms with Crippen LogP contribution in [-0.4, -0.2) is 14.6 Å². The van der Waals surface area contributed by atoms with Gasteiger partial charge in [-0.25, -0.2) is 9.50 Å². The Labute approximate surface area is 107 Å². The predicted octanol–water partition coefficient (Wildman–Crippen LogP) is 2.57. The molecule has 84 valence electrons. The highest BCUT2D eigenvalue weighted by atomic mass is 127. The van der Waals surface area contributed by atoms with Gasteiger partial charge >= 0.3 is 0 Å². The molecule has 0 aliphatic heterocycles. The van der Waals surface area contributed by atoms with Gasteiger partial charge in [-0.15, -0.1) is 0 Å². The molecule has 2 aromatic rings. The SMILES string of the molecule is Nc1ncnn2c(C3CCCC3)cc(I)c12. The minimum absolute atomic E-state index is 0.573. The lowest BCUT2D eigenvalue weighted by atomic mass is 10.1. The molecule has 0 amide bonds. The van der Waals surface area contributed by atoms with E-state index < -0.39 is 0 Å². The van der Waals surface area contributed by atoms with Crippen LogP contribution in [0.3, 0.4) is 0 Å². The lowest BCUT2D eigenvalue weighted by Gasteiger charge is -2.08. The van der Waals surface area contributed by atoms with Crippen molar-refractivity contribution in [2.45, 2.75) is 31.6 Å². The van der Waals surface area contributed by atoms with Gasteiger partial charge in [0.1, 0.15) is 11.8 Å². The van der Waals surface area contributed by atoms with Crippen LogP contribution in [-0.2, 0) is 0 Å². The van der Waals surface area contributed by atoms with Crippen molar-refractivity contribution in [2.75, 3.05) is 5.73 Å². The van der Waals surface area contributed by atoms with Gasteiger partial charge in [0.05, 0.1) is 0 Å². The third kappa shape index (κ3) is 1.49. The van der Waals surface area contributed by atoms with E-state index in [9.17, 15) is 0 Å². The molecule has 2 aromatic heterocycles. The number of nitrogen functional groups attached to an aromatic ring is 1. The van der Waals surface area contributed by atoms with Crippen LogP contribution in [0.2, 0.25) is 0 Å². The van der Waals surface area contributed by atoms with Crippen molar-refractivity contribution in [1.29, 1.82) is 0 Å². The van der Waals surface area contributed by atoms with Gasteiger partial charge in [-0.1, -0.05) is 12.8 Å². The smallest absolute Gasteiger partial charge is 0.152 e. The van der Waals surface area contributed by atoms with Crippen molar-refractivity contribution in [3.8, 4) is 0 Å². The molecule has 1 fully saturated rings. The van der Waals surface area contributed by atoms with Gasteiger partial charge in [0.2, 0.25) is 0 Å². The van der Waals surface area contributed by atoms with E-state index in [2.05, 4.69) is 38.7 Å². The summed E-state index contributed by atoms with van der Waals surface area (Å²) in [6.45, 7) is 0. The fourth-order valence-corrected chi connectivity index (χ4v) is 3.38. The molecule has 2 heterocycles. The van der Waals surface area contributed by atoms with E-state index in [0.717, 1.165) is 9.09 Å². The third-order valence-electron chi connectivity index (χ3n) is 3.34. The molecule has 1 aliphatic rings. The molecule has 0 spiro atoms. The minimum atomic E-state index is 0.573. The van der Waals surface area contributed by atoms with Crippen molar-refractivity contribution in [3.05, 3.63) is 21.7 Å². The van der Waals surface area contributed by atoms with Gasteiger partial charge in [-0.2, -0.15) is 5.10 Å². The van der Waals surface area contributed by atoms with Crippen LogP contribution in [0.1, 0.15) is 37.3 Å². The van der Waals surface area contributed by atoms with Gasteiger partial charge < -0.3 is 5.73 Å². The van der Waals surface area contributed by atoms with Crippen LogP contribution >= 0.6 is 22.6 Å². The van der Waals surface area contributed by atoms with E-state index in [4.69, 9.17) is 5.73 Å². The topological polar surface area (TPSA) is 56.2 Å². The molecule has 16 heavy (non-hydrogen) atoms. The van der Waals surface area contributed by atoms with E-state index in [0.29, 0.717) is 11.7 Å². The lowest BCUT2D eigenvalue weighted by molar-refractivity contribution is 0.665. The maximum Gasteiger partial charge on any atom is 0.152 e. The molecule has 4 nitrogen and oxygen atoms in total. The van der Waals surface area contributed by atoms with Gasteiger partial charge in [-0.3, -0.25) is 0 Å². The summed E-state index contributed by atoms with van der Waals surface area (Å²) in [7, 11) is 0. The molecule has 1 saturated carbocycles. The second kappa shape index (κ2) is 3.87. The first-order valence-corrected chi connectivity index (χ1v) is 6.63. The summed E-state index contributed by atoms with van der Waals surface area (Å²) in [5.41, 5.74) is 8.15. The standard InChI is InChI=1S/C11H13IN4/c12-8-5-9(7-3-1-2-4-7)16-10(8)11(13)14-6-15-16/h5-7H,1-4H2,(H2,13,14,15). The number of halogens is 1. The molecule has 1 aliphatic carbocycles. The highest BCUT2D eigenvalue weighted by molar-refractivity contribution is 14.1. The van der Waals surface area contributed by atoms with Crippen LogP contribution in [0.25, 0.3) is 5.52 Å². The average Bonchev–Trinajstić information content (AvgIpc) is 2.86. The number of hydrogen-bond acceptors (Lipinski definition) is 3. The number of nitrogens with two attached hydrogens (primary N) is 1. The van der Waals surface area contributed by atoms with E-state index >= 15 is 0 Å². The van der Waals surface area contributed by atoms with E-state index in [1.54, 1.807) is 0 Å². The van der Waals surface area contributed by atoms with Crippen molar-refractivity contribution in [2.24, 2.45) is 0 Å². The van der Waals surface area contributed by atoms with Crippen molar-refractivity contribution in [3.63, 3.8) is 0 Å². The average molecular weight is 328 g/mol. The number of fused-ring (bicyclic) bond motifs is 1. The molecular weight excluding hydrogens is 315 g/mol. The minimum Gasteiger partial charge on any atom is -0.382 e. The van der Waals surface area contributed by atoms with Crippen LogP contribution in [0.15, 0.2) is 12.4 Å². The molecule has 3 rings (SSSR count). The molecule has 0 unspecified atom stereocenters. The van der Waals surface area contributed by atoms with Gasteiger partial charge in [0.25, 0.3) is 0 Å². The largest absolute Gasteiger partial charge is 0.382 e. The Hall–Kier alpha value is -0.850. The number of nitrogens with zero attached hydrogens (tertiary/aromatic N) is 3. The van der Waals surface area contributed by atoms with E-state index in [1.807, 2.05) is 4.52 Å². The summed E-state index contributed by atoms with van der Waals surface area (Å²) in [5.74, 6) is 1.22. The Kier molecular flexibility index (Phi) is 2.49. The molecule has 0 saturated heterocycles. The van der Waals surface area contributed by atoms with Crippen LogP contribution in [0, 0.1) is 3.57 Å². The van der Waals surface area contributed by atoms with Crippen molar-refractivity contribution < 1.29 is 0 Å². The first kappa shape index (κ1) is 10.3. The number of aromatic nitrogens is 3. The lowest BCUT2D eigenvalue weighted by Crippen LogP contribution is -2.04. The first-order chi connectivity index (χ1) is 7.77. The number of rotatable bonds is 1. The Balaban J connectivity index is 2.22. The second-order valence-corrected chi connectivity index (χ2v) is 5.47. The first-order valence-electron chi connectivity index (χ1n) is 5.55. The maximum absolute atomic E-state index is 5.89. The van der Waals surface area contributed by atoms with Gasteiger partial charge in [0, 0.05) is 15.2 Å².